The first-order valence-corrected chi connectivity index (χ1v) is 13.4. The molecule has 6 heteroatoms. The second-order valence-corrected chi connectivity index (χ2v) is 10.6. The van der Waals surface area contributed by atoms with Crippen molar-refractivity contribution in [1.29, 1.82) is 0 Å². The molecule has 34 heavy (non-hydrogen) atoms. The summed E-state index contributed by atoms with van der Waals surface area (Å²) in [4.78, 5) is 18.0. The number of piperidine rings is 2. The maximum Gasteiger partial charge on any atom is 0.339 e. The first-order chi connectivity index (χ1) is 16.7. The SMILES string of the molecule is COCCCN(Cc1c(O)ccc2c3c(c(=O)oc12)CCCC3)CC1CCCN2CCCCC12. The Morgan fingerprint density at radius 2 is 1.91 bits per heavy atom. The van der Waals surface area contributed by atoms with Gasteiger partial charge in [0, 0.05) is 50.3 Å². The third-order valence-electron chi connectivity index (χ3n) is 8.40. The molecule has 0 spiro atoms. The molecule has 186 valence electrons. The third-order valence-corrected chi connectivity index (χ3v) is 8.40. The molecule has 1 aromatic carbocycles. The van der Waals surface area contributed by atoms with Crippen LogP contribution in [0.15, 0.2) is 21.3 Å². The van der Waals surface area contributed by atoms with Gasteiger partial charge in [-0.1, -0.05) is 6.42 Å². The first kappa shape index (κ1) is 23.8. The van der Waals surface area contributed by atoms with Crippen LogP contribution in [0.25, 0.3) is 11.0 Å². The second kappa shape index (κ2) is 10.8. The number of ether oxygens (including phenoxy) is 1. The highest BCUT2D eigenvalue weighted by molar-refractivity contribution is 5.86. The molecule has 2 aliphatic heterocycles. The topological polar surface area (TPSA) is 66.2 Å². The van der Waals surface area contributed by atoms with Gasteiger partial charge in [0.05, 0.1) is 5.56 Å². The number of hydrogen-bond donors (Lipinski definition) is 1. The van der Waals surface area contributed by atoms with Gasteiger partial charge in [0.15, 0.2) is 0 Å². The molecule has 2 fully saturated rings. The summed E-state index contributed by atoms with van der Waals surface area (Å²) in [5.74, 6) is 0.875. The average Bonchev–Trinajstić information content (AvgIpc) is 2.86. The van der Waals surface area contributed by atoms with E-state index in [1.54, 1.807) is 13.2 Å². The Morgan fingerprint density at radius 3 is 2.76 bits per heavy atom. The van der Waals surface area contributed by atoms with Crippen LogP contribution in [-0.2, 0) is 24.1 Å². The van der Waals surface area contributed by atoms with E-state index in [0.717, 1.165) is 73.9 Å². The number of rotatable bonds is 8. The summed E-state index contributed by atoms with van der Waals surface area (Å²) >= 11 is 0. The van der Waals surface area contributed by atoms with Crippen molar-refractivity contribution in [1.82, 2.24) is 9.80 Å². The van der Waals surface area contributed by atoms with Crippen LogP contribution in [0.1, 0.15) is 68.1 Å². The fourth-order valence-corrected chi connectivity index (χ4v) is 6.72. The van der Waals surface area contributed by atoms with Gasteiger partial charge in [-0.3, -0.25) is 4.90 Å². The van der Waals surface area contributed by atoms with Gasteiger partial charge < -0.3 is 19.2 Å². The molecule has 2 aromatic rings. The monoisotopic (exact) mass is 468 g/mol. The zero-order valence-corrected chi connectivity index (χ0v) is 20.7. The molecule has 1 aromatic heterocycles. The summed E-state index contributed by atoms with van der Waals surface area (Å²) in [7, 11) is 1.75. The lowest BCUT2D eigenvalue weighted by Gasteiger charge is -2.45. The Balaban J connectivity index is 1.44. The summed E-state index contributed by atoms with van der Waals surface area (Å²) in [5.41, 5.74) is 3.11. The van der Waals surface area contributed by atoms with Crippen molar-refractivity contribution in [3.8, 4) is 5.75 Å². The van der Waals surface area contributed by atoms with Gasteiger partial charge in [0.1, 0.15) is 11.3 Å². The van der Waals surface area contributed by atoms with Crippen LogP contribution >= 0.6 is 0 Å². The third kappa shape index (κ3) is 4.91. The fraction of sp³-hybridized carbons (Fsp3) is 0.679. The fourth-order valence-electron chi connectivity index (χ4n) is 6.72. The molecule has 3 aliphatic rings. The lowest BCUT2D eigenvalue weighted by Crippen LogP contribution is -2.51. The molecule has 1 N–H and O–H groups in total. The molecule has 3 heterocycles. The molecule has 2 atom stereocenters. The minimum Gasteiger partial charge on any atom is -0.507 e. The summed E-state index contributed by atoms with van der Waals surface area (Å²) in [5, 5.41) is 11.9. The second-order valence-electron chi connectivity index (χ2n) is 10.6. The van der Waals surface area contributed by atoms with Crippen molar-refractivity contribution in [3.05, 3.63) is 39.2 Å². The summed E-state index contributed by atoms with van der Waals surface area (Å²) < 4.78 is 11.2. The van der Waals surface area contributed by atoms with Crippen LogP contribution in [0, 0.1) is 5.92 Å². The number of aryl methyl sites for hydroxylation is 1. The Kier molecular flexibility index (Phi) is 7.57. The molecule has 0 saturated carbocycles. The maximum atomic E-state index is 12.8. The molecular weight excluding hydrogens is 428 g/mol. The molecule has 5 rings (SSSR count). The number of fused-ring (bicyclic) bond motifs is 4. The minimum absolute atomic E-state index is 0.217. The Morgan fingerprint density at radius 1 is 1.09 bits per heavy atom. The standard InChI is InChI=1S/C28H40N2O4/c1-33-17-7-14-29(18-20-8-6-16-30-15-5-4-11-25(20)30)19-24-26(31)13-12-22-21-9-2-3-10-23(21)28(32)34-27(22)24/h12-13,20,25,31H,2-11,14-19H2,1H3. The highest BCUT2D eigenvalue weighted by atomic mass is 16.5. The number of aromatic hydroxyl groups is 1. The zero-order chi connectivity index (χ0) is 23.5. The van der Waals surface area contributed by atoms with Crippen LogP contribution in [0.5, 0.6) is 5.75 Å². The summed E-state index contributed by atoms with van der Waals surface area (Å²) in [6.45, 7) is 5.72. The highest BCUT2D eigenvalue weighted by Gasteiger charge is 2.34. The Labute approximate surface area is 202 Å². The van der Waals surface area contributed by atoms with Crippen LogP contribution in [0.4, 0.5) is 0 Å². The lowest BCUT2D eigenvalue weighted by atomic mass is 9.83. The van der Waals surface area contributed by atoms with Crippen molar-refractivity contribution < 1.29 is 14.3 Å². The summed E-state index contributed by atoms with van der Waals surface area (Å²) in [6, 6.07) is 4.42. The van der Waals surface area contributed by atoms with Gasteiger partial charge in [-0.2, -0.15) is 0 Å². The van der Waals surface area contributed by atoms with E-state index in [-0.39, 0.29) is 11.4 Å². The normalized spacial score (nSPS) is 23.2. The number of nitrogens with zero attached hydrogens (tertiary/aromatic N) is 2. The van der Waals surface area contributed by atoms with Crippen molar-refractivity contribution >= 4 is 11.0 Å². The van der Waals surface area contributed by atoms with Crippen LogP contribution in [0.3, 0.4) is 0 Å². The van der Waals surface area contributed by atoms with Crippen molar-refractivity contribution in [3.63, 3.8) is 0 Å². The Hall–Kier alpha value is -1.89. The predicted octanol–water partition coefficient (Wildman–Crippen LogP) is 4.48. The van der Waals surface area contributed by atoms with E-state index >= 15 is 0 Å². The lowest BCUT2D eigenvalue weighted by molar-refractivity contribution is 0.0372. The van der Waals surface area contributed by atoms with E-state index in [1.165, 1.54) is 45.2 Å². The van der Waals surface area contributed by atoms with Gasteiger partial charge in [-0.05, 0) is 94.5 Å². The van der Waals surface area contributed by atoms with Gasteiger partial charge in [-0.25, -0.2) is 4.79 Å². The van der Waals surface area contributed by atoms with E-state index in [2.05, 4.69) is 9.80 Å². The smallest absolute Gasteiger partial charge is 0.339 e. The van der Waals surface area contributed by atoms with E-state index < -0.39 is 0 Å². The van der Waals surface area contributed by atoms with E-state index in [0.29, 0.717) is 24.1 Å². The van der Waals surface area contributed by atoms with Gasteiger partial charge >= 0.3 is 5.63 Å². The highest BCUT2D eigenvalue weighted by Crippen LogP contribution is 2.35. The number of phenolic OH excluding ortho intramolecular Hbond substituents is 1. The zero-order valence-electron chi connectivity index (χ0n) is 20.7. The van der Waals surface area contributed by atoms with E-state index in [4.69, 9.17) is 9.15 Å². The van der Waals surface area contributed by atoms with Gasteiger partial charge in [0.2, 0.25) is 0 Å². The maximum absolute atomic E-state index is 12.8. The minimum atomic E-state index is -0.217. The number of phenols is 1. The molecule has 0 bridgehead atoms. The van der Waals surface area contributed by atoms with Crippen molar-refractivity contribution in [2.75, 3.05) is 39.9 Å². The number of benzene rings is 1. The summed E-state index contributed by atoms with van der Waals surface area (Å²) in [6.07, 6.45) is 11.3. The first-order valence-electron chi connectivity index (χ1n) is 13.4. The molecule has 2 unspecified atom stereocenters. The molecule has 2 saturated heterocycles. The molecule has 0 amide bonds. The number of methoxy groups -OCH3 is 1. The van der Waals surface area contributed by atoms with Crippen LogP contribution < -0.4 is 5.63 Å². The molecule has 6 nitrogen and oxygen atoms in total. The predicted molar refractivity (Wildman–Crippen MR) is 134 cm³/mol. The van der Waals surface area contributed by atoms with Crippen LogP contribution in [-0.4, -0.2) is 60.8 Å². The van der Waals surface area contributed by atoms with Crippen molar-refractivity contribution in [2.24, 2.45) is 5.92 Å². The molecular formula is C28H40N2O4. The van der Waals surface area contributed by atoms with Crippen molar-refractivity contribution in [2.45, 2.75) is 76.8 Å². The van der Waals surface area contributed by atoms with Gasteiger partial charge in [-0.15, -0.1) is 0 Å². The average molecular weight is 469 g/mol. The number of hydrogen-bond acceptors (Lipinski definition) is 6. The van der Waals surface area contributed by atoms with Gasteiger partial charge in [0.25, 0.3) is 0 Å². The van der Waals surface area contributed by atoms with E-state index in [9.17, 15) is 9.90 Å². The Bertz CT molecular complexity index is 1050. The van der Waals surface area contributed by atoms with E-state index in [1.807, 2.05) is 6.07 Å². The largest absolute Gasteiger partial charge is 0.507 e. The van der Waals surface area contributed by atoms with Crippen LogP contribution in [0.2, 0.25) is 0 Å². The quantitative estimate of drug-likeness (QED) is 0.455. The molecule has 1 aliphatic carbocycles. The molecule has 0 radical (unpaired) electrons.